The molecule has 0 saturated carbocycles. The molecule has 0 aliphatic carbocycles. The Bertz CT molecular complexity index is 396. The molecule has 1 aromatic carbocycles. The fourth-order valence-corrected chi connectivity index (χ4v) is 2.15. The van der Waals surface area contributed by atoms with Crippen LogP contribution in [0.4, 0.5) is 0 Å². The summed E-state index contributed by atoms with van der Waals surface area (Å²) in [6, 6.07) is 8.63. The second-order valence-corrected chi connectivity index (χ2v) is 4.10. The van der Waals surface area contributed by atoms with Crippen LogP contribution in [-0.2, 0) is 13.0 Å². The fourth-order valence-electron chi connectivity index (χ4n) is 2.15. The van der Waals surface area contributed by atoms with Crippen molar-refractivity contribution in [1.29, 1.82) is 0 Å². The molecule has 0 saturated heterocycles. The minimum absolute atomic E-state index is 0.606. The molecule has 1 heterocycles. The van der Waals surface area contributed by atoms with Crippen molar-refractivity contribution in [3.63, 3.8) is 0 Å². The normalized spacial score (nSPS) is 15.2. The molecule has 84 valence electrons. The maximum absolute atomic E-state index is 8.18. The minimum Gasteiger partial charge on any atom is -0.299 e. The van der Waals surface area contributed by atoms with Crippen LogP contribution in [0, 0.1) is 0 Å². The lowest BCUT2D eigenvalue weighted by atomic mass is 10.00. The lowest BCUT2D eigenvalue weighted by Gasteiger charge is -2.28. The van der Waals surface area contributed by atoms with Crippen LogP contribution >= 0.6 is 0 Å². The van der Waals surface area contributed by atoms with Gasteiger partial charge < -0.3 is 0 Å². The zero-order valence-electron chi connectivity index (χ0n) is 9.34. The smallest absolute Gasteiger partial charge is 0.0270 e. The van der Waals surface area contributed by atoms with Crippen molar-refractivity contribution in [2.24, 2.45) is 5.11 Å². The Morgan fingerprint density at radius 3 is 2.94 bits per heavy atom. The van der Waals surface area contributed by atoms with Crippen LogP contribution in [0.15, 0.2) is 29.4 Å². The van der Waals surface area contributed by atoms with Crippen molar-refractivity contribution in [2.75, 3.05) is 19.6 Å². The van der Waals surface area contributed by atoms with Gasteiger partial charge in [0.05, 0.1) is 0 Å². The largest absolute Gasteiger partial charge is 0.299 e. The molecule has 16 heavy (non-hydrogen) atoms. The fraction of sp³-hybridized carbons (Fsp3) is 0.500. The second-order valence-electron chi connectivity index (χ2n) is 4.10. The Kier molecular flexibility index (Phi) is 3.81. The van der Waals surface area contributed by atoms with Crippen LogP contribution in [0.25, 0.3) is 10.4 Å². The van der Waals surface area contributed by atoms with Gasteiger partial charge in [0.15, 0.2) is 0 Å². The van der Waals surface area contributed by atoms with E-state index in [1.165, 1.54) is 11.1 Å². The van der Waals surface area contributed by atoms with Crippen molar-refractivity contribution in [3.8, 4) is 0 Å². The number of hydrogen-bond donors (Lipinski definition) is 0. The Morgan fingerprint density at radius 2 is 2.12 bits per heavy atom. The van der Waals surface area contributed by atoms with Gasteiger partial charge in [0.1, 0.15) is 0 Å². The van der Waals surface area contributed by atoms with Gasteiger partial charge in [-0.2, -0.15) is 0 Å². The molecule has 0 radical (unpaired) electrons. The van der Waals surface area contributed by atoms with Crippen LogP contribution in [0.5, 0.6) is 0 Å². The number of hydrogen-bond acceptors (Lipinski definition) is 2. The first-order valence-corrected chi connectivity index (χ1v) is 5.70. The number of fused-ring (bicyclic) bond motifs is 1. The van der Waals surface area contributed by atoms with Gasteiger partial charge in [0.25, 0.3) is 0 Å². The summed E-state index contributed by atoms with van der Waals surface area (Å²) in [6.07, 6.45) is 2.09. The van der Waals surface area contributed by atoms with Crippen molar-refractivity contribution in [1.82, 2.24) is 4.90 Å². The third-order valence-electron chi connectivity index (χ3n) is 3.01. The zero-order valence-corrected chi connectivity index (χ0v) is 9.34. The first-order valence-electron chi connectivity index (χ1n) is 5.70. The van der Waals surface area contributed by atoms with E-state index in [9.17, 15) is 0 Å². The Labute approximate surface area is 95.5 Å². The summed E-state index contributed by atoms with van der Waals surface area (Å²) in [5, 5.41) is 3.55. The van der Waals surface area contributed by atoms with E-state index in [0.717, 1.165) is 32.5 Å². The second kappa shape index (κ2) is 5.54. The van der Waals surface area contributed by atoms with E-state index in [0.29, 0.717) is 6.54 Å². The molecular weight excluding hydrogens is 200 g/mol. The summed E-state index contributed by atoms with van der Waals surface area (Å²) in [5.74, 6) is 0. The molecule has 0 aromatic heterocycles. The highest BCUT2D eigenvalue weighted by Gasteiger charge is 2.14. The molecule has 1 aliphatic rings. The topological polar surface area (TPSA) is 52.0 Å². The van der Waals surface area contributed by atoms with Crippen LogP contribution in [0.1, 0.15) is 17.5 Å². The van der Waals surface area contributed by atoms with Gasteiger partial charge in [-0.3, -0.25) is 4.90 Å². The monoisotopic (exact) mass is 216 g/mol. The molecule has 2 rings (SSSR count). The molecule has 0 fully saturated rings. The molecule has 4 heteroatoms. The molecule has 1 aromatic rings. The quantitative estimate of drug-likeness (QED) is 0.330. The van der Waals surface area contributed by atoms with Crippen molar-refractivity contribution < 1.29 is 0 Å². The van der Waals surface area contributed by atoms with Crippen LogP contribution < -0.4 is 0 Å². The van der Waals surface area contributed by atoms with Gasteiger partial charge in [0.2, 0.25) is 0 Å². The maximum Gasteiger partial charge on any atom is 0.0270 e. The molecule has 4 nitrogen and oxygen atoms in total. The van der Waals surface area contributed by atoms with Crippen LogP contribution in [0.3, 0.4) is 0 Å². The summed E-state index contributed by atoms with van der Waals surface area (Å²) in [4.78, 5) is 5.19. The van der Waals surface area contributed by atoms with Gasteiger partial charge in [0, 0.05) is 24.5 Å². The summed E-state index contributed by atoms with van der Waals surface area (Å²) in [5.41, 5.74) is 11.1. The Hall–Kier alpha value is -1.51. The molecule has 0 amide bonds. The third kappa shape index (κ3) is 2.75. The predicted octanol–water partition coefficient (Wildman–Crippen LogP) is 2.75. The number of azide groups is 1. The van der Waals surface area contributed by atoms with E-state index in [-0.39, 0.29) is 0 Å². The highest BCUT2D eigenvalue weighted by molar-refractivity contribution is 5.28. The lowest BCUT2D eigenvalue weighted by molar-refractivity contribution is 0.252. The Balaban J connectivity index is 1.85. The molecular formula is C12H16N4. The summed E-state index contributed by atoms with van der Waals surface area (Å²) in [7, 11) is 0. The van der Waals surface area contributed by atoms with E-state index in [1.807, 2.05) is 0 Å². The van der Waals surface area contributed by atoms with Gasteiger partial charge in [-0.15, -0.1) is 0 Å². The van der Waals surface area contributed by atoms with E-state index >= 15 is 0 Å². The van der Waals surface area contributed by atoms with E-state index in [1.54, 1.807) is 0 Å². The van der Waals surface area contributed by atoms with Crippen molar-refractivity contribution >= 4 is 0 Å². The highest BCUT2D eigenvalue weighted by Crippen LogP contribution is 2.18. The van der Waals surface area contributed by atoms with Crippen molar-refractivity contribution in [2.45, 2.75) is 19.4 Å². The molecule has 0 N–H and O–H groups in total. The highest BCUT2D eigenvalue weighted by atomic mass is 15.1. The summed E-state index contributed by atoms with van der Waals surface area (Å²) >= 11 is 0. The molecule has 0 bridgehead atoms. The number of benzene rings is 1. The molecule has 0 unspecified atom stereocenters. The maximum atomic E-state index is 8.18. The SMILES string of the molecule is [N-]=[N+]=NCCCN1CCc2ccccc2C1. The standard InChI is InChI=1S/C12H16N4/c13-15-14-7-3-8-16-9-6-11-4-1-2-5-12(11)10-16/h1-2,4-5H,3,6-10H2. The number of rotatable bonds is 4. The lowest BCUT2D eigenvalue weighted by Crippen LogP contribution is -2.31. The third-order valence-corrected chi connectivity index (χ3v) is 3.01. The first kappa shape index (κ1) is 11.0. The predicted molar refractivity (Wildman–Crippen MR) is 64.1 cm³/mol. The van der Waals surface area contributed by atoms with Gasteiger partial charge >= 0.3 is 0 Å². The number of nitrogens with zero attached hydrogens (tertiary/aromatic N) is 4. The minimum atomic E-state index is 0.606. The van der Waals surface area contributed by atoms with E-state index < -0.39 is 0 Å². The van der Waals surface area contributed by atoms with Gasteiger partial charge in [-0.05, 0) is 36.0 Å². The average molecular weight is 216 g/mol. The zero-order chi connectivity index (χ0) is 11.2. The molecule has 1 aliphatic heterocycles. The van der Waals surface area contributed by atoms with E-state index in [2.05, 4.69) is 39.2 Å². The molecule has 0 spiro atoms. The van der Waals surface area contributed by atoms with Gasteiger partial charge in [-0.25, -0.2) is 0 Å². The molecule has 0 atom stereocenters. The summed E-state index contributed by atoms with van der Waals surface area (Å²) < 4.78 is 0. The summed E-state index contributed by atoms with van der Waals surface area (Å²) in [6.45, 7) is 3.78. The van der Waals surface area contributed by atoms with Crippen LogP contribution in [0.2, 0.25) is 0 Å². The van der Waals surface area contributed by atoms with Crippen LogP contribution in [-0.4, -0.2) is 24.5 Å². The Morgan fingerprint density at radius 1 is 1.31 bits per heavy atom. The van der Waals surface area contributed by atoms with E-state index in [4.69, 9.17) is 5.53 Å². The first-order chi connectivity index (χ1) is 7.90. The van der Waals surface area contributed by atoms with Gasteiger partial charge in [-0.1, -0.05) is 29.4 Å². The average Bonchev–Trinajstić information content (AvgIpc) is 2.34. The van der Waals surface area contributed by atoms with Crippen molar-refractivity contribution in [3.05, 3.63) is 45.8 Å².